The average molecular weight is 245 g/mol. The van der Waals surface area contributed by atoms with Gasteiger partial charge in [-0.3, -0.25) is 0 Å². The van der Waals surface area contributed by atoms with Gasteiger partial charge in [0, 0.05) is 16.8 Å². The summed E-state index contributed by atoms with van der Waals surface area (Å²) in [6, 6.07) is 8.04. The van der Waals surface area contributed by atoms with Crippen molar-refractivity contribution in [2.24, 2.45) is 5.92 Å². The van der Waals surface area contributed by atoms with Gasteiger partial charge in [0.1, 0.15) is 0 Å². The van der Waals surface area contributed by atoms with Gasteiger partial charge in [0.2, 0.25) is 0 Å². The topological polar surface area (TPSA) is 0 Å². The maximum absolute atomic E-state index is 6.04. The van der Waals surface area contributed by atoms with E-state index in [9.17, 15) is 0 Å². The second-order valence-corrected chi connectivity index (χ2v) is 4.83. The number of benzene rings is 1. The van der Waals surface area contributed by atoms with Gasteiger partial charge in [0.15, 0.2) is 0 Å². The molecule has 0 spiro atoms. The fourth-order valence-corrected chi connectivity index (χ4v) is 2.64. The van der Waals surface area contributed by atoms with Crippen LogP contribution in [-0.2, 0) is 0 Å². The summed E-state index contributed by atoms with van der Waals surface area (Å²) in [5, 5.41) is 0.798. The Labute approximate surface area is 103 Å². The summed E-state index contributed by atoms with van der Waals surface area (Å²) < 4.78 is 0. The molecule has 15 heavy (non-hydrogen) atoms. The van der Waals surface area contributed by atoms with Crippen LogP contribution in [0.2, 0.25) is 5.02 Å². The summed E-state index contributed by atoms with van der Waals surface area (Å²) >= 11 is 12.0. The van der Waals surface area contributed by atoms with Crippen LogP contribution in [-0.4, -0.2) is 5.88 Å². The molecule has 0 aliphatic heterocycles. The third-order valence-corrected chi connectivity index (χ3v) is 3.44. The van der Waals surface area contributed by atoms with Crippen molar-refractivity contribution in [2.75, 3.05) is 5.88 Å². The Hall–Kier alpha value is -0.200. The number of rotatable bonds is 5. The molecule has 1 aromatic carbocycles. The van der Waals surface area contributed by atoms with E-state index in [2.05, 4.69) is 19.9 Å². The van der Waals surface area contributed by atoms with Crippen molar-refractivity contribution in [3.05, 3.63) is 34.9 Å². The van der Waals surface area contributed by atoms with E-state index < -0.39 is 0 Å². The lowest BCUT2D eigenvalue weighted by molar-refractivity contribution is 0.451. The van der Waals surface area contributed by atoms with Crippen LogP contribution in [0.25, 0.3) is 0 Å². The molecule has 0 amide bonds. The number of hydrogen-bond acceptors (Lipinski definition) is 0. The molecule has 2 atom stereocenters. The van der Waals surface area contributed by atoms with Crippen LogP contribution in [0, 0.1) is 5.92 Å². The molecule has 1 rings (SSSR count). The Morgan fingerprint density at radius 2 is 2.07 bits per heavy atom. The van der Waals surface area contributed by atoms with Gasteiger partial charge in [-0.05, 0) is 23.6 Å². The quantitative estimate of drug-likeness (QED) is 0.633. The predicted octanol–water partition coefficient (Wildman–Crippen LogP) is 5.10. The van der Waals surface area contributed by atoms with Crippen molar-refractivity contribution >= 4 is 23.2 Å². The molecule has 0 aromatic heterocycles. The van der Waals surface area contributed by atoms with Gasteiger partial charge in [0.05, 0.1) is 0 Å². The first-order chi connectivity index (χ1) is 7.19. The number of alkyl halides is 1. The minimum absolute atomic E-state index is 0.422. The standard InChI is InChI=1S/C13H18Cl2/c1-3-5-10(2)13(9-14)11-6-4-7-12(15)8-11/h4,6-8,10,13H,3,5,9H2,1-2H3. The molecule has 0 heterocycles. The zero-order valence-corrected chi connectivity index (χ0v) is 10.9. The molecular weight excluding hydrogens is 227 g/mol. The van der Waals surface area contributed by atoms with E-state index in [1.807, 2.05) is 18.2 Å². The van der Waals surface area contributed by atoms with Gasteiger partial charge < -0.3 is 0 Å². The molecule has 2 unspecified atom stereocenters. The summed E-state index contributed by atoms with van der Waals surface area (Å²) in [4.78, 5) is 0. The van der Waals surface area contributed by atoms with Crippen molar-refractivity contribution in [1.82, 2.24) is 0 Å². The molecule has 0 bridgehead atoms. The van der Waals surface area contributed by atoms with Crippen LogP contribution >= 0.6 is 23.2 Å². The number of hydrogen-bond donors (Lipinski definition) is 0. The molecule has 0 nitrogen and oxygen atoms in total. The first-order valence-corrected chi connectivity index (χ1v) is 6.41. The second kappa shape index (κ2) is 6.40. The van der Waals surface area contributed by atoms with Crippen LogP contribution in [0.15, 0.2) is 24.3 Å². The smallest absolute Gasteiger partial charge is 0.0408 e. The minimum Gasteiger partial charge on any atom is -0.126 e. The van der Waals surface area contributed by atoms with Gasteiger partial charge in [-0.2, -0.15) is 0 Å². The highest BCUT2D eigenvalue weighted by Gasteiger charge is 2.17. The molecule has 0 N–H and O–H groups in total. The van der Waals surface area contributed by atoms with Crippen molar-refractivity contribution in [3.8, 4) is 0 Å². The first-order valence-electron chi connectivity index (χ1n) is 5.50. The summed E-state index contributed by atoms with van der Waals surface area (Å²) in [5.74, 6) is 1.71. The van der Waals surface area contributed by atoms with Crippen molar-refractivity contribution in [2.45, 2.75) is 32.6 Å². The predicted molar refractivity (Wildman–Crippen MR) is 69.0 cm³/mol. The lowest BCUT2D eigenvalue weighted by Gasteiger charge is -2.22. The average Bonchev–Trinajstić information content (AvgIpc) is 2.19. The number of halogens is 2. The van der Waals surface area contributed by atoms with Crippen LogP contribution < -0.4 is 0 Å². The molecule has 0 saturated carbocycles. The van der Waals surface area contributed by atoms with E-state index in [1.54, 1.807) is 0 Å². The van der Waals surface area contributed by atoms with Gasteiger partial charge in [0.25, 0.3) is 0 Å². The molecule has 1 aromatic rings. The highest BCUT2D eigenvalue weighted by atomic mass is 35.5. The second-order valence-electron chi connectivity index (χ2n) is 4.08. The Balaban J connectivity index is 2.82. The maximum atomic E-state index is 6.04. The van der Waals surface area contributed by atoms with E-state index in [-0.39, 0.29) is 0 Å². The Morgan fingerprint density at radius 3 is 2.60 bits per heavy atom. The maximum Gasteiger partial charge on any atom is 0.0408 e. The summed E-state index contributed by atoms with van der Waals surface area (Å²) in [6.07, 6.45) is 2.42. The van der Waals surface area contributed by atoms with Gasteiger partial charge >= 0.3 is 0 Å². The molecule has 2 heteroatoms. The molecular formula is C13H18Cl2. The van der Waals surface area contributed by atoms with Crippen LogP contribution in [0.5, 0.6) is 0 Å². The van der Waals surface area contributed by atoms with Gasteiger partial charge in [-0.15, -0.1) is 11.6 Å². The lowest BCUT2D eigenvalue weighted by atomic mass is 9.86. The Bertz CT molecular complexity index is 296. The summed E-state index contributed by atoms with van der Waals surface area (Å²) in [5.41, 5.74) is 1.26. The van der Waals surface area contributed by atoms with Crippen molar-refractivity contribution < 1.29 is 0 Å². The van der Waals surface area contributed by atoms with Crippen molar-refractivity contribution in [1.29, 1.82) is 0 Å². The molecule has 0 fully saturated rings. The Morgan fingerprint density at radius 1 is 1.33 bits per heavy atom. The van der Waals surface area contributed by atoms with E-state index >= 15 is 0 Å². The van der Waals surface area contributed by atoms with Crippen molar-refractivity contribution in [3.63, 3.8) is 0 Å². The summed E-state index contributed by atoms with van der Waals surface area (Å²) in [6.45, 7) is 4.47. The third kappa shape index (κ3) is 3.70. The van der Waals surface area contributed by atoms with Crippen LogP contribution in [0.1, 0.15) is 38.2 Å². The fraction of sp³-hybridized carbons (Fsp3) is 0.538. The summed E-state index contributed by atoms with van der Waals surface area (Å²) in [7, 11) is 0. The van der Waals surface area contributed by atoms with Crippen LogP contribution in [0.3, 0.4) is 0 Å². The van der Waals surface area contributed by atoms with E-state index in [1.165, 1.54) is 18.4 Å². The molecule has 0 aliphatic carbocycles. The third-order valence-electron chi connectivity index (χ3n) is 2.87. The molecule has 84 valence electrons. The molecule has 0 aliphatic rings. The zero-order valence-electron chi connectivity index (χ0n) is 9.34. The van der Waals surface area contributed by atoms with E-state index in [0.29, 0.717) is 17.7 Å². The SMILES string of the molecule is CCCC(C)C(CCl)c1cccc(Cl)c1. The molecule has 0 radical (unpaired) electrons. The highest BCUT2D eigenvalue weighted by molar-refractivity contribution is 6.30. The largest absolute Gasteiger partial charge is 0.126 e. The minimum atomic E-state index is 0.422. The molecule has 0 saturated heterocycles. The first kappa shape index (κ1) is 12.9. The zero-order chi connectivity index (χ0) is 11.3. The van der Waals surface area contributed by atoms with Crippen LogP contribution in [0.4, 0.5) is 0 Å². The van der Waals surface area contributed by atoms with E-state index in [4.69, 9.17) is 23.2 Å². The highest BCUT2D eigenvalue weighted by Crippen LogP contribution is 2.30. The normalized spacial score (nSPS) is 14.9. The fourth-order valence-electron chi connectivity index (χ4n) is 1.96. The van der Waals surface area contributed by atoms with E-state index in [0.717, 1.165) is 5.02 Å². The van der Waals surface area contributed by atoms with Gasteiger partial charge in [-0.1, -0.05) is 50.4 Å². The van der Waals surface area contributed by atoms with Gasteiger partial charge in [-0.25, -0.2) is 0 Å². The lowest BCUT2D eigenvalue weighted by Crippen LogP contribution is -2.11. The monoisotopic (exact) mass is 244 g/mol. The Kier molecular flexibility index (Phi) is 5.49.